The summed E-state index contributed by atoms with van der Waals surface area (Å²) in [4.78, 5) is 12.8. The zero-order chi connectivity index (χ0) is 17.3. The highest BCUT2D eigenvalue weighted by molar-refractivity contribution is 8.03. The fourth-order valence-corrected chi connectivity index (χ4v) is 5.08. The van der Waals surface area contributed by atoms with E-state index in [2.05, 4.69) is 32.9 Å². The van der Waals surface area contributed by atoms with Crippen LogP contribution in [0.1, 0.15) is 10.4 Å². The maximum Gasteiger partial charge on any atom is 0.250 e. The van der Waals surface area contributed by atoms with Crippen LogP contribution in [0.4, 0.5) is 0 Å². The van der Waals surface area contributed by atoms with E-state index in [4.69, 9.17) is 0 Å². The van der Waals surface area contributed by atoms with E-state index in [0.29, 0.717) is 0 Å². The van der Waals surface area contributed by atoms with E-state index in [1.54, 1.807) is 29.3 Å². The van der Waals surface area contributed by atoms with Gasteiger partial charge in [-0.25, -0.2) is 5.43 Å². The maximum absolute atomic E-state index is 11.8. The Bertz CT molecular complexity index is 818. The number of hydrogen-bond donors (Lipinski definition) is 1. The molecule has 0 atom stereocenters. The highest BCUT2D eigenvalue weighted by Crippen LogP contribution is 2.30. The van der Waals surface area contributed by atoms with Gasteiger partial charge in [0.05, 0.1) is 12.0 Å². The lowest BCUT2D eigenvalue weighted by molar-refractivity contribution is -0.118. The molecule has 0 radical (unpaired) electrons. The predicted molar refractivity (Wildman–Crippen MR) is 107 cm³/mol. The monoisotopic (exact) mass is 406 g/mol. The molecule has 1 aromatic carbocycles. The molecule has 2 aromatic heterocycles. The van der Waals surface area contributed by atoms with Gasteiger partial charge in [0, 0.05) is 10.6 Å². The van der Waals surface area contributed by atoms with Crippen LogP contribution in [0.15, 0.2) is 61.6 Å². The lowest BCUT2D eigenvalue weighted by Crippen LogP contribution is -2.19. The minimum Gasteiger partial charge on any atom is -0.272 e. The molecule has 0 saturated carbocycles. The maximum atomic E-state index is 11.8. The molecule has 0 unspecified atom stereocenters. The SMILES string of the molecule is O=C(CSc1nnc(SCc2ccccc2)s1)N/N=C/c1cccs1. The van der Waals surface area contributed by atoms with Crippen LogP contribution in [0.25, 0.3) is 0 Å². The number of hydrogen-bond acceptors (Lipinski definition) is 8. The normalized spacial score (nSPS) is 11.0. The summed E-state index contributed by atoms with van der Waals surface area (Å²) >= 11 is 6.09. The Morgan fingerprint density at radius 3 is 2.68 bits per heavy atom. The molecule has 0 aliphatic carbocycles. The van der Waals surface area contributed by atoms with Crippen LogP contribution < -0.4 is 5.43 Å². The molecule has 128 valence electrons. The lowest BCUT2D eigenvalue weighted by Gasteiger charge is -1.97. The van der Waals surface area contributed by atoms with E-state index in [0.717, 1.165) is 19.3 Å². The molecule has 25 heavy (non-hydrogen) atoms. The molecule has 9 heteroatoms. The standard InChI is InChI=1S/C16H14N4OS4/c21-14(18-17-9-13-7-4-8-22-13)11-24-16-20-19-15(25-16)23-10-12-5-2-1-3-6-12/h1-9H,10-11H2,(H,18,21)/b17-9+. The van der Waals surface area contributed by atoms with E-state index in [1.807, 2.05) is 35.7 Å². The van der Waals surface area contributed by atoms with Gasteiger partial charge in [0.25, 0.3) is 5.91 Å². The van der Waals surface area contributed by atoms with Crippen molar-refractivity contribution in [1.29, 1.82) is 0 Å². The molecule has 1 amide bonds. The van der Waals surface area contributed by atoms with E-state index in [-0.39, 0.29) is 11.7 Å². The smallest absolute Gasteiger partial charge is 0.250 e. The highest BCUT2D eigenvalue weighted by atomic mass is 32.2. The fourth-order valence-electron chi connectivity index (χ4n) is 1.73. The van der Waals surface area contributed by atoms with Gasteiger partial charge in [-0.2, -0.15) is 5.10 Å². The second-order valence-electron chi connectivity index (χ2n) is 4.71. The zero-order valence-electron chi connectivity index (χ0n) is 13.0. The number of nitrogens with one attached hydrogen (secondary N) is 1. The Labute approximate surface area is 162 Å². The van der Waals surface area contributed by atoms with Gasteiger partial charge in [-0.15, -0.1) is 21.5 Å². The second kappa shape index (κ2) is 9.71. The molecule has 0 saturated heterocycles. The molecule has 0 aliphatic heterocycles. The third kappa shape index (κ3) is 6.28. The Kier molecular flexibility index (Phi) is 7.04. The molecular weight excluding hydrogens is 392 g/mol. The average Bonchev–Trinajstić information content (AvgIpc) is 3.31. The van der Waals surface area contributed by atoms with Crippen LogP contribution in [0.5, 0.6) is 0 Å². The summed E-state index contributed by atoms with van der Waals surface area (Å²) in [5, 5.41) is 14.2. The molecule has 0 spiro atoms. The van der Waals surface area contributed by atoms with Crippen molar-refractivity contribution < 1.29 is 4.79 Å². The van der Waals surface area contributed by atoms with Gasteiger partial charge in [-0.1, -0.05) is 71.3 Å². The lowest BCUT2D eigenvalue weighted by atomic mass is 10.2. The molecule has 3 aromatic rings. The molecule has 0 bridgehead atoms. The molecule has 0 aliphatic rings. The average molecular weight is 407 g/mol. The first kappa shape index (κ1) is 18.1. The second-order valence-corrected chi connectivity index (χ2v) is 9.11. The van der Waals surface area contributed by atoms with Crippen molar-refractivity contribution in [2.45, 2.75) is 14.4 Å². The number of rotatable bonds is 8. The summed E-state index contributed by atoms with van der Waals surface area (Å²) in [5.41, 5.74) is 3.76. The first-order valence-corrected chi connectivity index (χ1v) is 10.9. The number of aromatic nitrogens is 2. The van der Waals surface area contributed by atoms with Crippen LogP contribution >= 0.6 is 46.2 Å². The summed E-state index contributed by atoms with van der Waals surface area (Å²) in [6.45, 7) is 0. The van der Waals surface area contributed by atoms with Crippen molar-refractivity contribution in [3.05, 3.63) is 58.3 Å². The summed E-state index contributed by atoms with van der Waals surface area (Å²) in [5.74, 6) is 0.962. The summed E-state index contributed by atoms with van der Waals surface area (Å²) in [6, 6.07) is 14.1. The molecule has 0 fully saturated rings. The first-order chi connectivity index (χ1) is 12.3. The molecule has 3 rings (SSSR count). The number of carbonyl (C=O) groups is 1. The number of carbonyl (C=O) groups excluding carboxylic acids is 1. The van der Waals surface area contributed by atoms with Gasteiger partial charge in [-0.05, 0) is 17.0 Å². The van der Waals surface area contributed by atoms with Gasteiger partial charge in [0.2, 0.25) is 0 Å². The Morgan fingerprint density at radius 2 is 1.92 bits per heavy atom. The van der Waals surface area contributed by atoms with Gasteiger partial charge in [-0.3, -0.25) is 4.79 Å². The molecular formula is C16H14N4OS4. The van der Waals surface area contributed by atoms with Crippen molar-refractivity contribution in [2.75, 3.05) is 5.75 Å². The van der Waals surface area contributed by atoms with Gasteiger partial charge in [0.15, 0.2) is 8.68 Å². The van der Waals surface area contributed by atoms with Gasteiger partial charge in [0.1, 0.15) is 0 Å². The van der Waals surface area contributed by atoms with Crippen LogP contribution in [-0.2, 0) is 10.5 Å². The van der Waals surface area contributed by atoms with Crippen molar-refractivity contribution >= 4 is 58.3 Å². The Balaban J connectivity index is 1.40. The van der Waals surface area contributed by atoms with Gasteiger partial charge < -0.3 is 0 Å². The number of thioether (sulfide) groups is 2. The Hall–Kier alpha value is -1.68. The summed E-state index contributed by atoms with van der Waals surface area (Å²) in [6.07, 6.45) is 1.64. The summed E-state index contributed by atoms with van der Waals surface area (Å²) < 4.78 is 1.69. The third-order valence-corrected chi connectivity index (χ3v) is 6.91. The van der Waals surface area contributed by atoms with Crippen molar-refractivity contribution in [3.63, 3.8) is 0 Å². The van der Waals surface area contributed by atoms with Crippen LogP contribution in [0.3, 0.4) is 0 Å². The number of amides is 1. The van der Waals surface area contributed by atoms with E-state index < -0.39 is 0 Å². The molecule has 5 nitrogen and oxygen atoms in total. The minimum absolute atomic E-state index is 0.161. The largest absolute Gasteiger partial charge is 0.272 e. The highest BCUT2D eigenvalue weighted by Gasteiger charge is 2.08. The van der Waals surface area contributed by atoms with Crippen LogP contribution in [0.2, 0.25) is 0 Å². The number of hydrazone groups is 1. The minimum atomic E-state index is -0.161. The predicted octanol–water partition coefficient (Wildman–Crippen LogP) is 4.13. The third-order valence-electron chi connectivity index (χ3n) is 2.84. The van der Waals surface area contributed by atoms with Crippen molar-refractivity contribution in [2.24, 2.45) is 5.10 Å². The van der Waals surface area contributed by atoms with E-state index in [1.165, 1.54) is 28.7 Å². The van der Waals surface area contributed by atoms with Gasteiger partial charge >= 0.3 is 0 Å². The molecule has 2 heterocycles. The number of nitrogens with zero attached hydrogens (tertiary/aromatic N) is 3. The van der Waals surface area contributed by atoms with Crippen LogP contribution in [-0.4, -0.2) is 28.1 Å². The number of benzene rings is 1. The van der Waals surface area contributed by atoms with Crippen LogP contribution in [0, 0.1) is 0 Å². The zero-order valence-corrected chi connectivity index (χ0v) is 16.3. The topological polar surface area (TPSA) is 67.2 Å². The van der Waals surface area contributed by atoms with E-state index in [9.17, 15) is 4.79 Å². The molecule has 1 N–H and O–H groups in total. The first-order valence-electron chi connectivity index (χ1n) is 7.28. The summed E-state index contributed by atoms with van der Waals surface area (Å²) in [7, 11) is 0. The Morgan fingerprint density at radius 1 is 1.12 bits per heavy atom. The van der Waals surface area contributed by atoms with Crippen molar-refractivity contribution in [1.82, 2.24) is 15.6 Å². The van der Waals surface area contributed by atoms with Crippen molar-refractivity contribution in [3.8, 4) is 0 Å². The number of thiophene rings is 1. The fraction of sp³-hybridized carbons (Fsp3) is 0.125. The quantitative estimate of drug-likeness (QED) is 0.346. The van der Waals surface area contributed by atoms with E-state index >= 15 is 0 Å².